The fourth-order valence-electron chi connectivity index (χ4n) is 4.75. The van der Waals surface area contributed by atoms with Gasteiger partial charge < -0.3 is 4.74 Å². The molecule has 0 atom stereocenters. The number of hydrogen-bond acceptors (Lipinski definition) is 7. The van der Waals surface area contributed by atoms with E-state index in [1.165, 1.54) is 50.6 Å². The number of carbonyl (C=O) groups is 1. The molecular formula is C31H25ClN4O6S. The zero-order valence-electron chi connectivity index (χ0n) is 23.0. The summed E-state index contributed by atoms with van der Waals surface area (Å²) in [6.07, 6.45) is 1.52. The van der Waals surface area contributed by atoms with E-state index >= 15 is 0 Å². The second-order valence-corrected chi connectivity index (χ2v) is 11.9. The molecule has 218 valence electrons. The van der Waals surface area contributed by atoms with Crippen molar-refractivity contribution < 1.29 is 22.9 Å². The number of amides is 1. The topological polar surface area (TPSA) is 131 Å². The third kappa shape index (κ3) is 5.99. The number of hydrazone groups is 1. The van der Waals surface area contributed by atoms with Crippen molar-refractivity contribution in [3.63, 3.8) is 0 Å². The van der Waals surface area contributed by atoms with Crippen molar-refractivity contribution in [1.29, 1.82) is 0 Å². The van der Waals surface area contributed by atoms with Crippen LogP contribution in [0.3, 0.4) is 0 Å². The molecule has 5 rings (SSSR count). The van der Waals surface area contributed by atoms with Crippen LogP contribution in [0.25, 0.3) is 21.5 Å². The number of nitro benzene ring substituents is 1. The van der Waals surface area contributed by atoms with Gasteiger partial charge in [-0.1, -0.05) is 66.2 Å². The maximum atomic E-state index is 13.9. The molecule has 0 bridgehead atoms. The molecule has 0 unspecified atom stereocenters. The van der Waals surface area contributed by atoms with Gasteiger partial charge in [-0.15, -0.1) is 0 Å². The minimum Gasteiger partial charge on any atom is -0.495 e. The first-order valence-corrected chi connectivity index (χ1v) is 14.8. The highest BCUT2D eigenvalue weighted by Crippen LogP contribution is 2.36. The molecule has 0 spiro atoms. The van der Waals surface area contributed by atoms with Crippen LogP contribution in [0.5, 0.6) is 5.75 Å². The predicted octanol–water partition coefficient (Wildman–Crippen LogP) is 6.22. The SMILES string of the molecule is COc1ccc(Cl)cc1N(CC(=O)N/N=C/c1c2ccccc2cc2ccccc12)S(=O)(=O)c1ccc(C)c([N+](=O)[O-])c1. The first-order chi connectivity index (χ1) is 20.6. The average Bonchev–Trinajstić information content (AvgIpc) is 2.99. The Bertz CT molecular complexity index is 1980. The largest absolute Gasteiger partial charge is 0.495 e. The number of nitrogens with one attached hydrogen (secondary N) is 1. The number of benzene rings is 5. The summed E-state index contributed by atoms with van der Waals surface area (Å²) in [6.45, 7) is 0.769. The Morgan fingerprint density at radius 1 is 1.00 bits per heavy atom. The highest BCUT2D eigenvalue weighted by molar-refractivity contribution is 7.92. The molecule has 0 aliphatic carbocycles. The molecule has 0 heterocycles. The number of nitrogens with zero attached hydrogens (tertiary/aromatic N) is 3. The summed E-state index contributed by atoms with van der Waals surface area (Å²) in [5.74, 6) is -0.652. The van der Waals surface area contributed by atoms with E-state index in [0.717, 1.165) is 37.5 Å². The molecule has 0 aromatic heterocycles. The number of methoxy groups -OCH3 is 1. The quantitative estimate of drug-likeness (QED) is 0.0905. The number of ether oxygens (including phenoxy) is 1. The van der Waals surface area contributed by atoms with Gasteiger partial charge in [-0.25, -0.2) is 13.8 Å². The summed E-state index contributed by atoms with van der Waals surface area (Å²) in [6, 6.07) is 25.4. The lowest BCUT2D eigenvalue weighted by molar-refractivity contribution is -0.385. The van der Waals surface area contributed by atoms with E-state index in [-0.39, 0.29) is 32.6 Å². The second-order valence-electron chi connectivity index (χ2n) is 9.56. The number of carbonyl (C=O) groups excluding carboxylic acids is 1. The third-order valence-electron chi connectivity index (χ3n) is 6.86. The number of hydrogen-bond donors (Lipinski definition) is 1. The van der Waals surface area contributed by atoms with E-state index in [1.54, 1.807) is 0 Å². The Morgan fingerprint density at radius 2 is 1.65 bits per heavy atom. The fourth-order valence-corrected chi connectivity index (χ4v) is 6.36. The van der Waals surface area contributed by atoms with Crippen molar-refractivity contribution in [3.8, 4) is 5.75 Å². The van der Waals surface area contributed by atoms with Crippen molar-refractivity contribution in [2.24, 2.45) is 5.10 Å². The predicted molar refractivity (Wildman–Crippen MR) is 168 cm³/mol. The van der Waals surface area contributed by atoms with E-state index in [9.17, 15) is 23.3 Å². The van der Waals surface area contributed by atoms with Crippen LogP contribution >= 0.6 is 11.6 Å². The molecule has 0 aliphatic heterocycles. The van der Waals surface area contributed by atoms with Gasteiger partial charge in [-0.2, -0.15) is 5.10 Å². The van der Waals surface area contributed by atoms with Crippen LogP contribution in [0.15, 0.2) is 101 Å². The van der Waals surface area contributed by atoms with Gasteiger partial charge in [0.2, 0.25) is 0 Å². The Hall–Kier alpha value is -5.00. The number of nitro groups is 1. The number of anilines is 1. The van der Waals surface area contributed by atoms with E-state index in [0.29, 0.717) is 0 Å². The lowest BCUT2D eigenvalue weighted by atomic mass is 9.97. The molecule has 5 aromatic carbocycles. The lowest BCUT2D eigenvalue weighted by Crippen LogP contribution is -2.39. The Morgan fingerprint density at radius 3 is 2.28 bits per heavy atom. The van der Waals surface area contributed by atoms with Gasteiger partial charge >= 0.3 is 0 Å². The molecule has 0 fully saturated rings. The summed E-state index contributed by atoms with van der Waals surface area (Å²) in [7, 11) is -3.19. The fraction of sp³-hybridized carbons (Fsp3) is 0.0968. The molecule has 0 aliphatic rings. The van der Waals surface area contributed by atoms with Gasteiger partial charge in [0.25, 0.3) is 21.6 Å². The van der Waals surface area contributed by atoms with Crippen molar-refractivity contribution in [3.05, 3.63) is 117 Å². The molecule has 5 aromatic rings. The maximum absolute atomic E-state index is 13.9. The second kappa shape index (κ2) is 12.1. The van der Waals surface area contributed by atoms with Crippen molar-refractivity contribution in [1.82, 2.24) is 5.43 Å². The minimum atomic E-state index is -4.53. The Balaban J connectivity index is 1.51. The minimum absolute atomic E-state index is 0.0302. The van der Waals surface area contributed by atoms with Crippen LogP contribution in [0, 0.1) is 17.0 Å². The van der Waals surface area contributed by atoms with Gasteiger partial charge in [-0.05, 0) is 58.8 Å². The summed E-state index contributed by atoms with van der Waals surface area (Å²) in [5.41, 5.74) is 3.07. The van der Waals surface area contributed by atoms with Crippen LogP contribution in [-0.2, 0) is 14.8 Å². The van der Waals surface area contributed by atoms with E-state index in [1.807, 2.05) is 48.5 Å². The standard InChI is InChI=1S/C31H25ClN4O6S/c1-20-11-13-24(17-28(20)36(38)39)43(40,41)35(29-16-23(32)12-14-30(29)42-2)19-31(37)34-33-18-27-25-9-5-3-7-21(25)15-22-8-4-6-10-26(22)27/h3-18H,19H2,1-2H3,(H,34,37)/b33-18+. The molecule has 43 heavy (non-hydrogen) atoms. The monoisotopic (exact) mass is 616 g/mol. The molecule has 0 radical (unpaired) electrons. The third-order valence-corrected chi connectivity index (χ3v) is 8.85. The van der Waals surface area contributed by atoms with Gasteiger partial charge in [0.05, 0.1) is 28.8 Å². The number of aryl methyl sites for hydroxylation is 1. The van der Waals surface area contributed by atoms with E-state index < -0.39 is 27.4 Å². The Kier molecular flexibility index (Phi) is 8.29. The lowest BCUT2D eigenvalue weighted by Gasteiger charge is -2.25. The molecule has 12 heteroatoms. The van der Waals surface area contributed by atoms with Crippen LogP contribution in [0.1, 0.15) is 11.1 Å². The first kappa shape index (κ1) is 29.5. The zero-order chi connectivity index (χ0) is 30.7. The summed E-state index contributed by atoms with van der Waals surface area (Å²) in [4.78, 5) is 23.7. The first-order valence-electron chi connectivity index (χ1n) is 12.9. The van der Waals surface area contributed by atoms with E-state index in [2.05, 4.69) is 16.6 Å². The zero-order valence-corrected chi connectivity index (χ0v) is 24.6. The molecule has 0 saturated heterocycles. The van der Waals surface area contributed by atoms with E-state index in [4.69, 9.17) is 16.3 Å². The molecule has 1 amide bonds. The average molecular weight is 617 g/mol. The summed E-state index contributed by atoms with van der Waals surface area (Å²) in [5, 5.41) is 19.7. The molecule has 0 saturated carbocycles. The number of fused-ring (bicyclic) bond motifs is 2. The summed E-state index contributed by atoms with van der Waals surface area (Å²) >= 11 is 6.19. The van der Waals surface area contributed by atoms with Gasteiger partial charge in [0.15, 0.2) is 0 Å². The van der Waals surface area contributed by atoms with Gasteiger partial charge in [0.1, 0.15) is 12.3 Å². The normalized spacial score (nSPS) is 11.6. The van der Waals surface area contributed by atoms with Crippen LogP contribution in [0.2, 0.25) is 5.02 Å². The smallest absolute Gasteiger partial charge is 0.273 e. The maximum Gasteiger partial charge on any atom is 0.273 e. The number of sulfonamides is 1. The molecule has 10 nitrogen and oxygen atoms in total. The van der Waals surface area contributed by atoms with Crippen molar-refractivity contribution in [2.75, 3.05) is 18.0 Å². The van der Waals surface area contributed by atoms with Crippen LogP contribution in [0.4, 0.5) is 11.4 Å². The van der Waals surface area contributed by atoms with Crippen LogP contribution < -0.4 is 14.5 Å². The number of rotatable bonds is 9. The van der Waals surface area contributed by atoms with Crippen molar-refractivity contribution in [2.45, 2.75) is 11.8 Å². The Labute approximate surface area is 252 Å². The summed E-state index contributed by atoms with van der Waals surface area (Å²) < 4.78 is 34.0. The highest BCUT2D eigenvalue weighted by atomic mass is 35.5. The van der Waals surface area contributed by atoms with Gasteiger partial charge in [0, 0.05) is 22.2 Å². The van der Waals surface area contributed by atoms with Gasteiger partial charge in [-0.3, -0.25) is 19.2 Å². The molecular weight excluding hydrogens is 592 g/mol. The molecule has 1 N–H and O–H groups in total. The highest BCUT2D eigenvalue weighted by Gasteiger charge is 2.31. The number of halogens is 1. The van der Waals surface area contributed by atoms with Crippen molar-refractivity contribution >= 4 is 66.7 Å². The van der Waals surface area contributed by atoms with Crippen LogP contribution in [-0.4, -0.2) is 39.1 Å².